The summed E-state index contributed by atoms with van der Waals surface area (Å²) < 4.78 is 121. The highest BCUT2D eigenvalue weighted by atomic mass is 16.5. The van der Waals surface area contributed by atoms with Crippen molar-refractivity contribution in [1.82, 2.24) is 4.57 Å². The fourth-order valence-electron chi connectivity index (χ4n) is 5.59. The van der Waals surface area contributed by atoms with Crippen LogP contribution in [0.1, 0.15) is 42.7 Å². The van der Waals surface area contributed by atoms with E-state index in [1.165, 1.54) is 0 Å². The van der Waals surface area contributed by atoms with Gasteiger partial charge in [-0.25, -0.2) is 0 Å². The quantitative estimate of drug-likeness (QED) is 0.217. The van der Waals surface area contributed by atoms with Crippen LogP contribution < -0.4 is 4.74 Å². The monoisotopic (exact) mass is 540 g/mol. The molecule has 2 heteroatoms. The zero-order chi connectivity index (χ0) is 38.6. The molecular weight excluding hydrogens is 498 g/mol. The molecule has 1 aliphatic rings. The minimum atomic E-state index is -3.54. The SMILES string of the molecule is [2H]c1c([2H])c([2H])c2c(c1[2H])Oc1c([2H])c([2H])c(-c3ccc(-c4ccc5c(c4)c4ccccc4n5-c4ccccc4)cc3)c([2H])c1C2(C([2H])([2H])[2H])C([2H])([2H])[2H]. The predicted molar refractivity (Wildman–Crippen MR) is 170 cm³/mol. The number of hydrogen-bond donors (Lipinski definition) is 0. The smallest absolute Gasteiger partial charge is 0.131 e. The third-order valence-corrected chi connectivity index (χ3v) is 7.58. The van der Waals surface area contributed by atoms with Crippen LogP contribution in [0.4, 0.5) is 0 Å². The lowest BCUT2D eigenvalue weighted by molar-refractivity contribution is 0.418. The lowest BCUT2D eigenvalue weighted by atomic mass is 9.75. The molecule has 1 aliphatic heterocycles. The van der Waals surface area contributed by atoms with E-state index >= 15 is 0 Å². The van der Waals surface area contributed by atoms with E-state index in [2.05, 4.69) is 22.8 Å². The number of rotatable bonds is 3. The van der Waals surface area contributed by atoms with Crippen LogP contribution in [0, 0.1) is 0 Å². The maximum atomic E-state index is 9.36. The van der Waals surface area contributed by atoms with Crippen molar-refractivity contribution in [3.05, 3.63) is 150 Å². The Bertz CT molecular complexity index is 2660. The summed E-state index contributed by atoms with van der Waals surface area (Å²) in [6, 6.07) is 25.6. The number of ether oxygens (including phenoxy) is 1. The molecule has 0 fully saturated rings. The summed E-state index contributed by atoms with van der Waals surface area (Å²) in [5.41, 5.74) is -0.0901. The van der Waals surface area contributed by atoms with E-state index in [1.807, 2.05) is 54.6 Å². The van der Waals surface area contributed by atoms with Crippen LogP contribution >= 0.6 is 0 Å². The van der Waals surface area contributed by atoms with E-state index in [9.17, 15) is 1.37 Å². The van der Waals surface area contributed by atoms with Gasteiger partial charge in [0.2, 0.25) is 0 Å². The Balaban J connectivity index is 1.31. The molecule has 0 saturated heterocycles. The third-order valence-electron chi connectivity index (χ3n) is 7.58. The summed E-state index contributed by atoms with van der Waals surface area (Å²) in [7, 11) is 0. The van der Waals surface area contributed by atoms with Crippen molar-refractivity contribution in [3.8, 4) is 39.4 Å². The molecule has 1 aromatic heterocycles. The summed E-state index contributed by atoms with van der Waals surface area (Å²) in [4.78, 5) is 0. The largest absolute Gasteiger partial charge is 0.457 e. The molecule has 0 N–H and O–H groups in total. The number of fused-ring (bicyclic) bond motifs is 5. The number of para-hydroxylation sites is 3. The molecule has 7 aromatic rings. The van der Waals surface area contributed by atoms with Gasteiger partial charge < -0.3 is 9.30 Å². The van der Waals surface area contributed by atoms with E-state index in [-0.39, 0.29) is 11.1 Å². The van der Waals surface area contributed by atoms with Crippen molar-refractivity contribution in [1.29, 1.82) is 0 Å². The maximum absolute atomic E-state index is 9.36. The van der Waals surface area contributed by atoms with Gasteiger partial charge in [-0.2, -0.15) is 0 Å². The molecule has 0 spiro atoms. The van der Waals surface area contributed by atoms with E-state index in [0.717, 1.165) is 38.6 Å². The highest BCUT2D eigenvalue weighted by Crippen LogP contribution is 2.48. The van der Waals surface area contributed by atoms with Gasteiger partial charge in [0.25, 0.3) is 0 Å². The molecular formula is C39H29NO. The normalized spacial score (nSPS) is 18.7. The Labute approximate surface area is 258 Å². The van der Waals surface area contributed by atoms with Crippen LogP contribution in [-0.4, -0.2) is 4.57 Å². The van der Waals surface area contributed by atoms with Crippen molar-refractivity contribution in [2.45, 2.75) is 19.1 Å². The fraction of sp³-hybridized carbons (Fsp3) is 0.0769. The van der Waals surface area contributed by atoms with E-state index in [1.54, 1.807) is 24.3 Å². The molecule has 8 rings (SSSR count). The Morgan fingerprint density at radius 2 is 1.29 bits per heavy atom. The van der Waals surface area contributed by atoms with Crippen molar-refractivity contribution in [3.63, 3.8) is 0 Å². The first-order valence-corrected chi connectivity index (χ1v) is 13.1. The van der Waals surface area contributed by atoms with Crippen LogP contribution in [0.2, 0.25) is 0 Å². The number of benzene rings is 6. The van der Waals surface area contributed by atoms with Crippen LogP contribution in [0.15, 0.2) is 139 Å². The minimum Gasteiger partial charge on any atom is -0.457 e. The average Bonchev–Trinajstić information content (AvgIpc) is 3.48. The molecule has 0 radical (unpaired) electrons. The van der Waals surface area contributed by atoms with E-state index in [4.69, 9.17) is 21.2 Å². The van der Waals surface area contributed by atoms with Crippen LogP contribution in [0.5, 0.6) is 11.5 Å². The Morgan fingerprint density at radius 1 is 0.610 bits per heavy atom. The standard InChI is InChI=1S/C39H29NO/c1-39(2)33-13-7-9-15-37(33)41-38-23-21-29(25-34(38)39)27-18-16-26(17-19-27)28-20-22-36-32(24-28)31-12-6-8-14-35(31)40(36)30-10-4-3-5-11-30/h3-25H,1-2H3/i1D3,2D3,7D,9D,13D,15D,21D,23D,25D. The molecule has 2 heterocycles. The molecule has 2 nitrogen and oxygen atoms in total. The highest BCUT2D eigenvalue weighted by molar-refractivity contribution is 6.10. The zero-order valence-corrected chi connectivity index (χ0v) is 21.6. The molecule has 0 bridgehead atoms. The minimum absolute atomic E-state index is 0.225. The van der Waals surface area contributed by atoms with Crippen LogP contribution in [-0.2, 0) is 5.41 Å². The molecule has 0 atom stereocenters. The molecule has 0 amide bonds. The summed E-state index contributed by atoms with van der Waals surface area (Å²) in [6.07, 6.45) is 0. The van der Waals surface area contributed by atoms with E-state index in [0.29, 0.717) is 0 Å². The fourth-order valence-corrected chi connectivity index (χ4v) is 5.59. The van der Waals surface area contributed by atoms with Gasteiger partial charge in [0.15, 0.2) is 0 Å². The summed E-state index contributed by atoms with van der Waals surface area (Å²) in [6.45, 7) is -7.09. The lowest BCUT2D eigenvalue weighted by Crippen LogP contribution is -2.24. The summed E-state index contributed by atoms with van der Waals surface area (Å²) in [5.74, 6) is -1.49. The third kappa shape index (κ3) is 3.72. The second-order valence-corrected chi connectivity index (χ2v) is 10.0. The summed E-state index contributed by atoms with van der Waals surface area (Å²) >= 11 is 0. The van der Waals surface area contributed by atoms with Gasteiger partial charge in [0.1, 0.15) is 11.5 Å². The van der Waals surface area contributed by atoms with Gasteiger partial charge >= 0.3 is 0 Å². The first-order chi connectivity index (χ1) is 25.5. The van der Waals surface area contributed by atoms with Crippen molar-refractivity contribution >= 4 is 21.8 Å². The molecule has 0 saturated carbocycles. The van der Waals surface area contributed by atoms with Gasteiger partial charge in [-0.05, 0) is 70.7 Å². The highest BCUT2D eigenvalue weighted by Gasteiger charge is 2.34. The lowest BCUT2D eigenvalue weighted by Gasteiger charge is -2.34. The second-order valence-electron chi connectivity index (χ2n) is 10.0. The number of hydrogen-bond acceptors (Lipinski definition) is 1. The maximum Gasteiger partial charge on any atom is 0.131 e. The predicted octanol–water partition coefficient (Wildman–Crippen LogP) is 10.5. The zero-order valence-electron chi connectivity index (χ0n) is 34.6. The van der Waals surface area contributed by atoms with Gasteiger partial charge in [0.05, 0.1) is 20.6 Å². The van der Waals surface area contributed by atoms with Crippen LogP contribution in [0.3, 0.4) is 0 Å². The topological polar surface area (TPSA) is 14.2 Å². The second kappa shape index (κ2) is 8.97. The average molecular weight is 541 g/mol. The van der Waals surface area contributed by atoms with Crippen LogP contribution in [0.25, 0.3) is 49.7 Å². The summed E-state index contributed by atoms with van der Waals surface area (Å²) in [5, 5.41) is 2.08. The number of aromatic nitrogens is 1. The molecule has 196 valence electrons. The van der Waals surface area contributed by atoms with E-state index < -0.39 is 84.0 Å². The van der Waals surface area contributed by atoms with Crippen molar-refractivity contribution < 1.29 is 22.6 Å². The Kier molecular flexibility index (Phi) is 3.07. The number of nitrogens with zero attached hydrogens (tertiary/aromatic N) is 1. The van der Waals surface area contributed by atoms with Crippen molar-refractivity contribution in [2.24, 2.45) is 0 Å². The molecule has 41 heavy (non-hydrogen) atoms. The Morgan fingerprint density at radius 3 is 2.12 bits per heavy atom. The van der Waals surface area contributed by atoms with Gasteiger partial charge in [0, 0.05) is 41.2 Å². The van der Waals surface area contributed by atoms with Gasteiger partial charge in [-0.15, -0.1) is 0 Å². The first kappa shape index (κ1) is 14.0. The molecule has 0 aliphatic carbocycles. The first-order valence-electron chi connectivity index (χ1n) is 19.6. The van der Waals surface area contributed by atoms with Gasteiger partial charge in [-0.3, -0.25) is 0 Å². The molecule has 6 aromatic carbocycles. The van der Waals surface area contributed by atoms with Gasteiger partial charge in [-0.1, -0.05) is 105 Å². The van der Waals surface area contributed by atoms with Crippen molar-refractivity contribution in [2.75, 3.05) is 0 Å². The Hall–Kier alpha value is -5.08. The molecule has 0 unspecified atom stereocenters.